The molecule has 2 heterocycles. The fraction of sp³-hybridized carbons (Fsp3) is 0.389. The van der Waals surface area contributed by atoms with E-state index in [9.17, 15) is 18.0 Å². The molecule has 9 heteroatoms. The third-order valence-corrected chi connectivity index (χ3v) is 4.21. The number of ether oxygens (including phenoxy) is 2. The predicted octanol–water partition coefficient (Wildman–Crippen LogP) is 3.19. The molecule has 0 aliphatic carbocycles. The second-order valence-electron chi connectivity index (χ2n) is 6.08. The van der Waals surface area contributed by atoms with Crippen LogP contribution in [0, 0.1) is 0 Å². The molecule has 3 rings (SSSR count). The minimum Gasteiger partial charge on any atom is -0.477 e. The highest BCUT2D eigenvalue weighted by Crippen LogP contribution is 2.30. The zero-order valence-electron chi connectivity index (χ0n) is 14.6. The fourth-order valence-electron chi connectivity index (χ4n) is 2.92. The van der Waals surface area contributed by atoms with Gasteiger partial charge < -0.3 is 14.4 Å². The number of alkyl halides is 3. The lowest BCUT2D eigenvalue weighted by Gasteiger charge is -2.32. The molecular weight excluding hydrogens is 363 g/mol. The van der Waals surface area contributed by atoms with Crippen LogP contribution in [0.1, 0.15) is 28.8 Å². The van der Waals surface area contributed by atoms with Crippen molar-refractivity contribution in [3.8, 4) is 11.8 Å². The average molecular weight is 381 g/mol. The van der Waals surface area contributed by atoms with Gasteiger partial charge in [0.25, 0.3) is 17.7 Å². The van der Waals surface area contributed by atoms with Crippen molar-refractivity contribution < 1.29 is 27.4 Å². The minimum atomic E-state index is -4.49. The molecule has 0 spiro atoms. The van der Waals surface area contributed by atoms with Gasteiger partial charge in [-0.25, -0.2) is 9.97 Å². The van der Waals surface area contributed by atoms with Crippen LogP contribution < -0.4 is 9.47 Å². The predicted molar refractivity (Wildman–Crippen MR) is 89.6 cm³/mol. The molecule has 1 aromatic carbocycles. The highest BCUT2D eigenvalue weighted by molar-refractivity contribution is 5.94. The van der Waals surface area contributed by atoms with Crippen LogP contribution in [-0.2, 0) is 6.18 Å². The zero-order chi connectivity index (χ0) is 19.4. The lowest BCUT2D eigenvalue weighted by molar-refractivity contribution is -0.137. The molecule has 1 saturated heterocycles. The van der Waals surface area contributed by atoms with Gasteiger partial charge in [0.05, 0.1) is 19.2 Å². The first-order valence-electron chi connectivity index (χ1n) is 8.36. The van der Waals surface area contributed by atoms with Gasteiger partial charge in [-0.3, -0.25) is 4.79 Å². The summed E-state index contributed by atoms with van der Waals surface area (Å²) in [7, 11) is 1.45. The smallest absolute Gasteiger partial charge is 0.416 e. The number of hydrogen-bond donors (Lipinski definition) is 0. The van der Waals surface area contributed by atoms with Gasteiger partial charge in [0.2, 0.25) is 0 Å². The lowest BCUT2D eigenvalue weighted by Crippen LogP contribution is -2.44. The van der Waals surface area contributed by atoms with Crippen molar-refractivity contribution in [2.75, 3.05) is 20.2 Å². The first-order valence-corrected chi connectivity index (χ1v) is 8.36. The van der Waals surface area contributed by atoms with Crippen LogP contribution in [0.2, 0.25) is 0 Å². The highest BCUT2D eigenvalue weighted by Gasteiger charge is 2.32. The molecule has 1 aliphatic heterocycles. The number of aromatic nitrogens is 2. The van der Waals surface area contributed by atoms with E-state index in [1.54, 1.807) is 0 Å². The lowest BCUT2D eigenvalue weighted by atomic mass is 10.1. The van der Waals surface area contributed by atoms with Crippen molar-refractivity contribution >= 4 is 5.91 Å². The second-order valence-corrected chi connectivity index (χ2v) is 6.08. The van der Waals surface area contributed by atoms with E-state index >= 15 is 0 Å². The van der Waals surface area contributed by atoms with Crippen molar-refractivity contribution in [1.29, 1.82) is 0 Å². The van der Waals surface area contributed by atoms with E-state index in [0.29, 0.717) is 19.4 Å². The van der Waals surface area contributed by atoms with E-state index in [0.717, 1.165) is 12.1 Å². The van der Waals surface area contributed by atoms with E-state index in [1.807, 2.05) is 0 Å². The number of benzene rings is 1. The van der Waals surface area contributed by atoms with Crippen LogP contribution >= 0.6 is 0 Å². The molecule has 1 atom stereocenters. The molecule has 1 aromatic heterocycles. The van der Waals surface area contributed by atoms with Gasteiger partial charge in [0, 0.05) is 24.5 Å². The van der Waals surface area contributed by atoms with Crippen LogP contribution in [0.4, 0.5) is 13.2 Å². The molecular formula is C18H18F3N3O3. The number of halogens is 3. The number of nitrogens with zero attached hydrogens (tertiary/aromatic N) is 3. The van der Waals surface area contributed by atoms with Crippen molar-refractivity contribution in [2.24, 2.45) is 0 Å². The molecule has 0 saturated carbocycles. The van der Waals surface area contributed by atoms with Gasteiger partial charge in [-0.05, 0) is 31.0 Å². The average Bonchev–Trinajstić information content (AvgIpc) is 2.67. The molecule has 0 bridgehead atoms. The Labute approximate surface area is 153 Å². The Hall–Kier alpha value is -2.84. The number of methoxy groups -OCH3 is 1. The van der Waals surface area contributed by atoms with E-state index in [4.69, 9.17) is 9.47 Å². The first-order chi connectivity index (χ1) is 12.9. The van der Waals surface area contributed by atoms with Gasteiger partial charge >= 0.3 is 6.18 Å². The summed E-state index contributed by atoms with van der Waals surface area (Å²) in [4.78, 5) is 22.2. The Kier molecular flexibility index (Phi) is 5.48. The zero-order valence-corrected chi connectivity index (χ0v) is 14.6. The van der Waals surface area contributed by atoms with Gasteiger partial charge in [0.1, 0.15) is 6.10 Å². The van der Waals surface area contributed by atoms with Crippen LogP contribution in [-0.4, -0.2) is 47.1 Å². The molecule has 0 N–H and O–H groups in total. The third-order valence-electron chi connectivity index (χ3n) is 4.21. The minimum absolute atomic E-state index is 0.00237. The van der Waals surface area contributed by atoms with Crippen LogP contribution in [0.3, 0.4) is 0 Å². The summed E-state index contributed by atoms with van der Waals surface area (Å²) in [5.41, 5.74) is -0.843. The largest absolute Gasteiger partial charge is 0.477 e. The van der Waals surface area contributed by atoms with Gasteiger partial charge in [-0.1, -0.05) is 6.07 Å². The first kappa shape index (κ1) is 18.9. The number of hydrogen-bond acceptors (Lipinski definition) is 5. The van der Waals surface area contributed by atoms with Crippen LogP contribution in [0.5, 0.6) is 11.8 Å². The summed E-state index contributed by atoms with van der Waals surface area (Å²) in [5.74, 6) is -0.00212. The standard InChI is InChI=1S/C18H18F3N3O3/c1-26-15-16(23-8-7-22-15)27-14-6-3-9-24(11-14)17(25)12-4-2-5-13(10-12)18(19,20)21/h2,4-5,7-8,10,14H,3,6,9,11H2,1H3. The molecule has 1 aliphatic rings. The van der Waals surface area contributed by atoms with E-state index in [-0.39, 0.29) is 30.0 Å². The molecule has 27 heavy (non-hydrogen) atoms. The highest BCUT2D eigenvalue weighted by atomic mass is 19.4. The number of rotatable bonds is 4. The SMILES string of the molecule is COc1nccnc1OC1CCCN(C(=O)c2cccc(C(F)(F)F)c2)C1. The maximum atomic E-state index is 12.9. The van der Waals surface area contributed by atoms with Crippen LogP contribution in [0.15, 0.2) is 36.7 Å². The Balaban J connectivity index is 1.71. The summed E-state index contributed by atoms with van der Waals surface area (Å²) in [6, 6.07) is 4.43. The Morgan fingerprint density at radius 2 is 1.96 bits per heavy atom. The monoisotopic (exact) mass is 381 g/mol. The second kappa shape index (κ2) is 7.81. The van der Waals surface area contributed by atoms with Gasteiger partial charge in [0.15, 0.2) is 0 Å². The van der Waals surface area contributed by atoms with Crippen molar-refractivity contribution in [1.82, 2.24) is 14.9 Å². The molecule has 1 amide bonds. The Bertz CT molecular complexity index is 814. The summed E-state index contributed by atoms with van der Waals surface area (Å²) in [5, 5.41) is 0. The molecule has 144 valence electrons. The normalized spacial score (nSPS) is 17.5. The molecule has 1 fully saturated rings. The third kappa shape index (κ3) is 4.47. The van der Waals surface area contributed by atoms with Gasteiger partial charge in [-0.15, -0.1) is 0 Å². The quantitative estimate of drug-likeness (QED) is 0.814. The number of piperidine rings is 1. The number of likely N-dealkylation sites (tertiary alicyclic amines) is 1. The molecule has 0 radical (unpaired) electrons. The maximum Gasteiger partial charge on any atom is 0.416 e. The van der Waals surface area contributed by atoms with Crippen molar-refractivity contribution in [3.63, 3.8) is 0 Å². The summed E-state index contributed by atoms with van der Waals surface area (Å²) >= 11 is 0. The van der Waals surface area contributed by atoms with E-state index in [2.05, 4.69) is 9.97 Å². The maximum absolute atomic E-state index is 12.9. The number of carbonyl (C=O) groups is 1. The molecule has 1 unspecified atom stereocenters. The topological polar surface area (TPSA) is 64.6 Å². The summed E-state index contributed by atoms with van der Waals surface area (Å²) < 4.78 is 49.5. The molecule has 6 nitrogen and oxygen atoms in total. The summed E-state index contributed by atoms with van der Waals surface area (Å²) in [6.07, 6.45) is -0.558. The fourth-order valence-corrected chi connectivity index (χ4v) is 2.92. The van der Waals surface area contributed by atoms with Crippen molar-refractivity contribution in [2.45, 2.75) is 25.1 Å². The van der Waals surface area contributed by atoms with Crippen molar-refractivity contribution in [3.05, 3.63) is 47.8 Å². The Morgan fingerprint density at radius 1 is 1.22 bits per heavy atom. The van der Waals surface area contributed by atoms with Gasteiger partial charge in [-0.2, -0.15) is 13.2 Å². The summed E-state index contributed by atoms with van der Waals surface area (Å²) in [6.45, 7) is 0.696. The van der Waals surface area contributed by atoms with E-state index < -0.39 is 17.6 Å². The molecule has 2 aromatic rings. The van der Waals surface area contributed by atoms with E-state index in [1.165, 1.54) is 36.5 Å². The number of carbonyl (C=O) groups excluding carboxylic acids is 1. The number of amides is 1. The van der Waals surface area contributed by atoms with Crippen LogP contribution in [0.25, 0.3) is 0 Å². The Morgan fingerprint density at radius 3 is 2.67 bits per heavy atom.